The van der Waals surface area contributed by atoms with Gasteiger partial charge in [-0.3, -0.25) is 9.59 Å². The van der Waals surface area contributed by atoms with Crippen LogP contribution in [0.1, 0.15) is 17.5 Å². The summed E-state index contributed by atoms with van der Waals surface area (Å²) in [5, 5.41) is 2.74. The molecule has 0 saturated carbocycles. The minimum atomic E-state index is -0.741. The monoisotopic (exact) mass is 368 g/mol. The highest BCUT2D eigenvalue weighted by atomic mass is 16.5. The number of carbonyl (C=O) groups excluding carboxylic acids is 2. The van der Waals surface area contributed by atoms with Crippen LogP contribution in [0.2, 0.25) is 0 Å². The molecule has 1 saturated heterocycles. The van der Waals surface area contributed by atoms with Gasteiger partial charge in [-0.05, 0) is 29.7 Å². The van der Waals surface area contributed by atoms with Crippen molar-refractivity contribution >= 4 is 11.8 Å². The Labute approximate surface area is 158 Å². The minimum Gasteiger partial charge on any atom is -0.489 e. The van der Waals surface area contributed by atoms with Crippen LogP contribution in [0, 0.1) is 5.92 Å². The number of ether oxygens (including phenoxy) is 2. The summed E-state index contributed by atoms with van der Waals surface area (Å²) >= 11 is 0. The van der Waals surface area contributed by atoms with E-state index in [9.17, 15) is 9.59 Å². The van der Waals surface area contributed by atoms with E-state index in [4.69, 9.17) is 15.2 Å². The Morgan fingerprint density at radius 1 is 1.11 bits per heavy atom. The van der Waals surface area contributed by atoms with Crippen molar-refractivity contribution in [1.82, 2.24) is 5.32 Å². The number of benzene rings is 2. The van der Waals surface area contributed by atoms with E-state index in [-0.39, 0.29) is 11.8 Å². The Hall–Kier alpha value is -2.86. The molecule has 3 rings (SSSR count). The largest absolute Gasteiger partial charge is 0.489 e. The number of nitrogens with one attached hydrogen (secondary N) is 1. The van der Waals surface area contributed by atoms with Crippen molar-refractivity contribution in [3.05, 3.63) is 65.7 Å². The van der Waals surface area contributed by atoms with E-state index in [2.05, 4.69) is 5.32 Å². The van der Waals surface area contributed by atoms with Crippen molar-refractivity contribution in [3.63, 3.8) is 0 Å². The SMILES string of the molecule is NC(=O)[C@@H](Cc1ccc(OCc2ccccc2)cc1)NC(=O)[C@@H]1CCOC1. The molecule has 27 heavy (non-hydrogen) atoms. The quantitative estimate of drug-likeness (QED) is 0.744. The molecule has 142 valence electrons. The third-order valence-electron chi connectivity index (χ3n) is 4.57. The van der Waals surface area contributed by atoms with E-state index in [0.717, 1.165) is 16.9 Å². The molecular weight excluding hydrogens is 344 g/mol. The van der Waals surface area contributed by atoms with Gasteiger partial charge in [-0.2, -0.15) is 0 Å². The predicted molar refractivity (Wildman–Crippen MR) is 101 cm³/mol. The Kier molecular flexibility index (Phi) is 6.44. The van der Waals surface area contributed by atoms with Gasteiger partial charge in [0.25, 0.3) is 0 Å². The van der Waals surface area contributed by atoms with E-state index < -0.39 is 11.9 Å². The lowest BCUT2D eigenvalue weighted by atomic mass is 10.0. The van der Waals surface area contributed by atoms with Crippen molar-refractivity contribution < 1.29 is 19.1 Å². The number of hydrogen-bond acceptors (Lipinski definition) is 4. The second-order valence-corrected chi connectivity index (χ2v) is 6.65. The van der Waals surface area contributed by atoms with E-state index in [0.29, 0.717) is 32.7 Å². The van der Waals surface area contributed by atoms with Gasteiger partial charge in [-0.25, -0.2) is 0 Å². The molecule has 1 aliphatic heterocycles. The highest BCUT2D eigenvalue weighted by Crippen LogP contribution is 2.16. The van der Waals surface area contributed by atoms with Crippen molar-refractivity contribution in [2.24, 2.45) is 11.7 Å². The molecule has 0 aromatic heterocycles. The average Bonchev–Trinajstić information content (AvgIpc) is 3.22. The highest BCUT2D eigenvalue weighted by molar-refractivity contribution is 5.87. The zero-order valence-corrected chi connectivity index (χ0v) is 15.1. The van der Waals surface area contributed by atoms with Gasteiger partial charge < -0.3 is 20.5 Å². The Morgan fingerprint density at radius 2 is 1.85 bits per heavy atom. The molecule has 2 amide bonds. The van der Waals surface area contributed by atoms with Gasteiger partial charge in [-0.1, -0.05) is 42.5 Å². The van der Waals surface area contributed by atoms with Crippen LogP contribution in [-0.2, 0) is 27.4 Å². The second-order valence-electron chi connectivity index (χ2n) is 6.65. The lowest BCUT2D eigenvalue weighted by Gasteiger charge is -2.18. The van der Waals surface area contributed by atoms with Crippen molar-refractivity contribution in [3.8, 4) is 5.75 Å². The molecule has 0 bridgehead atoms. The number of hydrogen-bond donors (Lipinski definition) is 2. The lowest BCUT2D eigenvalue weighted by Crippen LogP contribution is -2.48. The molecule has 0 aliphatic carbocycles. The van der Waals surface area contributed by atoms with Crippen molar-refractivity contribution in [2.45, 2.75) is 25.5 Å². The van der Waals surface area contributed by atoms with E-state index >= 15 is 0 Å². The maximum absolute atomic E-state index is 12.2. The zero-order chi connectivity index (χ0) is 19.1. The smallest absolute Gasteiger partial charge is 0.240 e. The molecule has 1 aliphatic rings. The summed E-state index contributed by atoms with van der Waals surface area (Å²) in [6, 6.07) is 16.6. The molecule has 0 radical (unpaired) electrons. The van der Waals surface area contributed by atoms with Crippen LogP contribution in [0.4, 0.5) is 0 Å². The number of primary amides is 1. The Balaban J connectivity index is 1.54. The first kappa shape index (κ1) is 18.9. The van der Waals surface area contributed by atoms with Gasteiger partial charge in [0.05, 0.1) is 12.5 Å². The summed E-state index contributed by atoms with van der Waals surface area (Å²) in [6.45, 7) is 1.46. The van der Waals surface area contributed by atoms with Crippen LogP contribution in [0.3, 0.4) is 0 Å². The molecule has 2 aromatic rings. The molecule has 3 N–H and O–H groups in total. The molecule has 6 nitrogen and oxygen atoms in total. The third-order valence-corrected chi connectivity index (χ3v) is 4.57. The van der Waals surface area contributed by atoms with Gasteiger partial charge >= 0.3 is 0 Å². The first-order chi connectivity index (χ1) is 13.1. The fraction of sp³-hybridized carbons (Fsp3) is 0.333. The van der Waals surface area contributed by atoms with Crippen LogP contribution >= 0.6 is 0 Å². The second kappa shape index (κ2) is 9.19. The van der Waals surface area contributed by atoms with E-state index in [1.807, 2.05) is 54.6 Å². The van der Waals surface area contributed by atoms with Gasteiger partial charge in [0.2, 0.25) is 11.8 Å². The summed E-state index contributed by atoms with van der Waals surface area (Å²) < 4.78 is 11.0. The van der Waals surface area contributed by atoms with Gasteiger partial charge in [-0.15, -0.1) is 0 Å². The van der Waals surface area contributed by atoms with Crippen molar-refractivity contribution in [1.29, 1.82) is 0 Å². The average molecular weight is 368 g/mol. The number of carbonyl (C=O) groups is 2. The fourth-order valence-electron chi connectivity index (χ4n) is 2.95. The van der Waals surface area contributed by atoms with Crippen LogP contribution in [0.15, 0.2) is 54.6 Å². The molecule has 1 heterocycles. The van der Waals surface area contributed by atoms with Crippen molar-refractivity contribution in [2.75, 3.05) is 13.2 Å². The minimum absolute atomic E-state index is 0.181. The summed E-state index contributed by atoms with van der Waals surface area (Å²) in [7, 11) is 0. The summed E-state index contributed by atoms with van der Waals surface area (Å²) in [4.78, 5) is 23.9. The van der Waals surface area contributed by atoms with Crippen LogP contribution < -0.4 is 15.8 Å². The Morgan fingerprint density at radius 3 is 2.48 bits per heavy atom. The van der Waals surface area contributed by atoms with Crippen LogP contribution in [0.25, 0.3) is 0 Å². The summed E-state index contributed by atoms with van der Waals surface area (Å²) in [5.74, 6) is -0.197. The van der Waals surface area contributed by atoms with Gasteiger partial charge in [0, 0.05) is 13.0 Å². The predicted octanol–water partition coefficient (Wildman–Crippen LogP) is 1.81. The fourth-order valence-corrected chi connectivity index (χ4v) is 2.95. The number of amides is 2. The molecule has 0 unspecified atom stereocenters. The normalized spacial score (nSPS) is 17.3. The van der Waals surface area contributed by atoms with Gasteiger partial charge in [0.1, 0.15) is 18.4 Å². The highest BCUT2D eigenvalue weighted by Gasteiger charge is 2.27. The molecule has 2 aromatic carbocycles. The summed E-state index contributed by atoms with van der Waals surface area (Å²) in [6.07, 6.45) is 1.01. The van der Waals surface area contributed by atoms with E-state index in [1.54, 1.807) is 0 Å². The molecule has 6 heteroatoms. The molecular formula is C21H24N2O4. The maximum atomic E-state index is 12.2. The van der Waals surface area contributed by atoms with Crippen LogP contribution in [0.5, 0.6) is 5.75 Å². The summed E-state index contributed by atoms with van der Waals surface area (Å²) in [5.41, 5.74) is 7.45. The maximum Gasteiger partial charge on any atom is 0.240 e. The van der Waals surface area contributed by atoms with Gasteiger partial charge in [0.15, 0.2) is 0 Å². The molecule has 0 spiro atoms. The van der Waals surface area contributed by atoms with E-state index in [1.165, 1.54) is 0 Å². The van der Waals surface area contributed by atoms with Crippen LogP contribution in [-0.4, -0.2) is 31.1 Å². The number of rotatable bonds is 8. The lowest BCUT2D eigenvalue weighted by molar-refractivity contribution is -0.129. The third kappa shape index (κ3) is 5.56. The zero-order valence-electron chi connectivity index (χ0n) is 15.1. The standard InChI is InChI=1S/C21H24N2O4/c22-20(24)19(23-21(25)17-10-11-26-14-17)12-15-6-8-18(9-7-15)27-13-16-4-2-1-3-5-16/h1-9,17,19H,10-14H2,(H2,22,24)(H,23,25)/t17-,19-/m1/s1. The topological polar surface area (TPSA) is 90.7 Å². The number of nitrogens with two attached hydrogens (primary N) is 1. The molecule has 1 fully saturated rings. The Bertz CT molecular complexity index is 756. The first-order valence-electron chi connectivity index (χ1n) is 9.05. The first-order valence-corrected chi connectivity index (χ1v) is 9.05. The molecule has 2 atom stereocenters.